The fourth-order valence-corrected chi connectivity index (χ4v) is 2.02. The summed E-state index contributed by atoms with van der Waals surface area (Å²) >= 11 is 0. The first-order valence-electron chi connectivity index (χ1n) is 5.98. The first kappa shape index (κ1) is 12.1. The molecule has 1 aromatic rings. The van der Waals surface area contributed by atoms with E-state index >= 15 is 0 Å². The van der Waals surface area contributed by atoms with Crippen molar-refractivity contribution >= 4 is 5.91 Å². The van der Waals surface area contributed by atoms with Gasteiger partial charge in [0.05, 0.1) is 0 Å². The van der Waals surface area contributed by atoms with E-state index in [1.54, 1.807) is 19.0 Å². The lowest BCUT2D eigenvalue weighted by atomic mass is 9.96. The van der Waals surface area contributed by atoms with Gasteiger partial charge in [-0.15, -0.1) is 0 Å². The lowest BCUT2D eigenvalue weighted by Crippen LogP contribution is -2.21. The lowest BCUT2D eigenvalue weighted by Gasteiger charge is -2.13. The molecule has 0 bridgehead atoms. The van der Waals surface area contributed by atoms with E-state index in [4.69, 9.17) is 0 Å². The standard InChI is InChI=1S/C14H19NO2/c1-15(2)13(17)12-5-3-11(4-6-12)9-14(10-16)7-8-14/h3-6,16H,7-10H2,1-2H3. The highest BCUT2D eigenvalue weighted by Gasteiger charge is 2.41. The highest BCUT2D eigenvalue weighted by molar-refractivity contribution is 5.93. The quantitative estimate of drug-likeness (QED) is 0.860. The van der Waals surface area contributed by atoms with Crippen molar-refractivity contribution in [2.45, 2.75) is 19.3 Å². The largest absolute Gasteiger partial charge is 0.396 e. The minimum atomic E-state index is 0.0276. The molecule has 1 aliphatic rings. The molecule has 92 valence electrons. The fourth-order valence-electron chi connectivity index (χ4n) is 2.02. The van der Waals surface area contributed by atoms with Gasteiger partial charge in [0.15, 0.2) is 0 Å². The Bertz CT molecular complexity index is 405. The van der Waals surface area contributed by atoms with E-state index in [1.165, 1.54) is 5.56 Å². The molecule has 3 heteroatoms. The molecule has 0 spiro atoms. The van der Waals surface area contributed by atoms with Crippen LogP contribution < -0.4 is 0 Å². The van der Waals surface area contributed by atoms with E-state index < -0.39 is 0 Å². The van der Waals surface area contributed by atoms with Gasteiger partial charge in [-0.3, -0.25) is 4.79 Å². The number of hydrogen-bond acceptors (Lipinski definition) is 2. The second-order valence-corrected chi connectivity index (χ2v) is 5.23. The summed E-state index contributed by atoms with van der Waals surface area (Å²) < 4.78 is 0. The molecule has 1 saturated carbocycles. The van der Waals surface area contributed by atoms with Crippen molar-refractivity contribution in [1.29, 1.82) is 0 Å². The number of carbonyl (C=O) groups excluding carboxylic acids is 1. The first-order chi connectivity index (χ1) is 8.06. The molecular weight excluding hydrogens is 214 g/mol. The Kier molecular flexibility index (Phi) is 3.20. The van der Waals surface area contributed by atoms with E-state index in [1.807, 2.05) is 24.3 Å². The van der Waals surface area contributed by atoms with Gasteiger partial charge in [-0.2, -0.15) is 0 Å². The average molecular weight is 233 g/mol. The van der Waals surface area contributed by atoms with Gasteiger partial charge >= 0.3 is 0 Å². The molecule has 0 heterocycles. The van der Waals surface area contributed by atoms with Crippen LogP contribution in [-0.4, -0.2) is 36.6 Å². The Balaban J connectivity index is 2.05. The van der Waals surface area contributed by atoms with Gasteiger partial charge in [-0.05, 0) is 42.4 Å². The van der Waals surface area contributed by atoms with Crippen LogP contribution in [0.25, 0.3) is 0 Å². The van der Waals surface area contributed by atoms with Gasteiger partial charge in [0.1, 0.15) is 0 Å². The summed E-state index contributed by atoms with van der Waals surface area (Å²) in [6, 6.07) is 7.72. The van der Waals surface area contributed by atoms with Crippen molar-refractivity contribution in [2.24, 2.45) is 5.41 Å². The average Bonchev–Trinajstić information content (AvgIpc) is 3.09. The first-order valence-corrected chi connectivity index (χ1v) is 5.98. The Morgan fingerprint density at radius 3 is 2.29 bits per heavy atom. The Labute approximate surface area is 102 Å². The summed E-state index contributed by atoms with van der Waals surface area (Å²) in [6.45, 7) is 0.269. The normalized spacial score (nSPS) is 16.6. The van der Waals surface area contributed by atoms with Crippen LogP contribution in [0.15, 0.2) is 24.3 Å². The van der Waals surface area contributed by atoms with E-state index in [9.17, 15) is 9.90 Å². The summed E-state index contributed by atoms with van der Waals surface area (Å²) in [6.07, 6.45) is 3.14. The van der Waals surface area contributed by atoms with Crippen LogP contribution in [0.3, 0.4) is 0 Å². The summed E-state index contributed by atoms with van der Waals surface area (Å²) in [5.41, 5.74) is 2.05. The third-order valence-electron chi connectivity index (χ3n) is 3.48. The molecule has 0 atom stereocenters. The highest BCUT2D eigenvalue weighted by atomic mass is 16.3. The number of nitrogens with zero attached hydrogens (tertiary/aromatic N) is 1. The minimum absolute atomic E-state index is 0.0276. The number of aliphatic hydroxyl groups is 1. The Morgan fingerprint density at radius 2 is 1.88 bits per heavy atom. The zero-order valence-corrected chi connectivity index (χ0v) is 10.4. The van der Waals surface area contributed by atoms with Crippen molar-refractivity contribution < 1.29 is 9.90 Å². The third kappa shape index (κ3) is 2.67. The lowest BCUT2D eigenvalue weighted by molar-refractivity contribution is 0.0827. The maximum Gasteiger partial charge on any atom is 0.253 e. The predicted octanol–water partition coefficient (Wildman–Crippen LogP) is 1.70. The molecule has 1 aliphatic carbocycles. The van der Waals surface area contributed by atoms with E-state index in [0.717, 1.165) is 19.3 Å². The molecule has 1 amide bonds. The van der Waals surface area contributed by atoms with Gasteiger partial charge in [0.2, 0.25) is 0 Å². The number of rotatable bonds is 4. The van der Waals surface area contributed by atoms with E-state index in [2.05, 4.69) is 0 Å². The molecule has 0 unspecified atom stereocenters. The summed E-state index contributed by atoms with van der Waals surface area (Å²) in [5.74, 6) is 0.0276. The van der Waals surface area contributed by atoms with Gasteiger partial charge in [0, 0.05) is 26.3 Å². The van der Waals surface area contributed by atoms with Crippen LogP contribution in [0.1, 0.15) is 28.8 Å². The molecule has 2 rings (SSSR count). The van der Waals surface area contributed by atoms with Crippen LogP contribution in [0, 0.1) is 5.41 Å². The Morgan fingerprint density at radius 1 is 1.29 bits per heavy atom. The van der Waals surface area contributed by atoms with Gasteiger partial charge in [-0.1, -0.05) is 12.1 Å². The summed E-state index contributed by atoms with van der Waals surface area (Å²) in [7, 11) is 3.50. The Hall–Kier alpha value is -1.35. The van der Waals surface area contributed by atoms with Crippen LogP contribution in [0.4, 0.5) is 0 Å². The molecule has 1 N–H and O–H groups in total. The van der Waals surface area contributed by atoms with Crippen LogP contribution >= 0.6 is 0 Å². The number of hydrogen-bond donors (Lipinski definition) is 1. The van der Waals surface area contributed by atoms with Crippen molar-refractivity contribution in [3.63, 3.8) is 0 Å². The molecule has 1 aromatic carbocycles. The van der Waals surface area contributed by atoms with Crippen molar-refractivity contribution in [2.75, 3.05) is 20.7 Å². The number of carbonyl (C=O) groups is 1. The number of aliphatic hydroxyl groups excluding tert-OH is 1. The smallest absolute Gasteiger partial charge is 0.253 e. The van der Waals surface area contributed by atoms with E-state index in [0.29, 0.717) is 5.56 Å². The zero-order chi connectivity index (χ0) is 12.5. The number of amides is 1. The van der Waals surface area contributed by atoms with Gasteiger partial charge < -0.3 is 10.0 Å². The monoisotopic (exact) mass is 233 g/mol. The maximum absolute atomic E-state index is 11.7. The molecule has 0 aromatic heterocycles. The molecule has 3 nitrogen and oxygen atoms in total. The highest BCUT2D eigenvalue weighted by Crippen LogP contribution is 2.47. The fraction of sp³-hybridized carbons (Fsp3) is 0.500. The topological polar surface area (TPSA) is 40.5 Å². The van der Waals surface area contributed by atoms with E-state index in [-0.39, 0.29) is 17.9 Å². The predicted molar refractivity (Wildman–Crippen MR) is 66.9 cm³/mol. The van der Waals surface area contributed by atoms with Crippen LogP contribution in [0.2, 0.25) is 0 Å². The maximum atomic E-state index is 11.7. The molecule has 0 aliphatic heterocycles. The molecule has 1 fully saturated rings. The third-order valence-corrected chi connectivity index (χ3v) is 3.48. The summed E-state index contributed by atoms with van der Waals surface area (Å²) in [5, 5.41) is 9.27. The van der Waals surface area contributed by atoms with Gasteiger partial charge in [0.25, 0.3) is 5.91 Å². The zero-order valence-electron chi connectivity index (χ0n) is 10.4. The minimum Gasteiger partial charge on any atom is -0.396 e. The molecule has 0 saturated heterocycles. The second-order valence-electron chi connectivity index (χ2n) is 5.23. The van der Waals surface area contributed by atoms with Crippen molar-refractivity contribution in [3.8, 4) is 0 Å². The van der Waals surface area contributed by atoms with Crippen LogP contribution in [0.5, 0.6) is 0 Å². The number of benzene rings is 1. The molecule has 0 radical (unpaired) electrons. The van der Waals surface area contributed by atoms with Crippen LogP contribution in [-0.2, 0) is 6.42 Å². The van der Waals surface area contributed by atoms with Crippen molar-refractivity contribution in [3.05, 3.63) is 35.4 Å². The SMILES string of the molecule is CN(C)C(=O)c1ccc(CC2(CO)CC2)cc1. The molecule has 17 heavy (non-hydrogen) atoms. The van der Waals surface area contributed by atoms with Gasteiger partial charge in [-0.25, -0.2) is 0 Å². The van der Waals surface area contributed by atoms with Crippen molar-refractivity contribution in [1.82, 2.24) is 4.90 Å². The second kappa shape index (κ2) is 4.49. The molecular formula is C14H19NO2. The summed E-state index contributed by atoms with van der Waals surface area (Å²) in [4.78, 5) is 13.3.